The Morgan fingerprint density at radius 1 is 1.23 bits per heavy atom. The standard InChI is InChI=1S/C20H41N5O/c1-8-16(9-2)18(24(6)7)13-22-20(21-10-3)23-17-11-12-25(14-17)19(26)15(4)5/h15-18H,8-14H2,1-7H3,(H2,21,22,23). The van der Waals surface area contributed by atoms with Gasteiger partial charge in [0, 0.05) is 37.6 Å². The lowest BCUT2D eigenvalue weighted by atomic mass is 9.93. The lowest BCUT2D eigenvalue weighted by Crippen LogP contribution is -2.46. The van der Waals surface area contributed by atoms with Crippen LogP contribution in [-0.2, 0) is 4.79 Å². The summed E-state index contributed by atoms with van der Waals surface area (Å²) in [7, 11) is 4.29. The summed E-state index contributed by atoms with van der Waals surface area (Å²) in [4.78, 5) is 21.3. The SMILES string of the molecule is CCNC(=NCC(C(CC)CC)N(C)C)NC1CCN(C(=O)C(C)C)C1. The summed E-state index contributed by atoms with van der Waals surface area (Å²) >= 11 is 0. The van der Waals surface area contributed by atoms with Crippen LogP contribution in [0.5, 0.6) is 0 Å². The summed E-state index contributed by atoms with van der Waals surface area (Å²) in [6, 6.07) is 0.726. The van der Waals surface area contributed by atoms with E-state index >= 15 is 0 Å². The zero-order valence-electron chi connectivity index (χ0n) is 18.0. The van der Waals surface area contributed by atoms with E-state index < -0.39 is 0 Å². The quantitative estimate of drug-likeness (QED) is 0.484. The predicted molar refractivity (Wildman–Crippen MR) is 110 cm³/mol. The molecule has 1 amide bonds. The smallest absolute Gasteiger partial charge is 0.225 e. The van der Waals surface area contributed by atoms with Crippen LogP contribution >= 0.6 is 0 Å². The highest BCUT2D eigenvalue weighted by Crippen LogP contribution is 2.17. The molecule has 0 saturated carbocycles. The molecule has 0 radical (unpaired) electrons. The fourth-order valence-electron chi connectivity index (χ4n) is 3.71. The molecule has 1 heterocycles. The second-order valence-corrected chi connectivity index (χ2v) is 7.90. The zero-order chi connectivity index (χ0) is 19.7. The van der Waals surface area contributed by atoms with Gasteiger partial charge < -0.3 is 20.4 Å². The number of nitrogens with one attached hydrogen (secondary N) is 2. The normalized spacial score (nSPS) is 19.5. The molecule has 6 heteroatoms. The molecule has 1 fully saturated rings. The van der Waals surface area contributed by atoms with Gasteiger partial charge in [-0.25, -0.2) is 0 Å². The van der Waals surface area contributed by atoms with Crippen molar-refractivity contribution in [3.05, 3.63) is 0 Å². The van der Waals surface area contributed by atoms with E-state index in [-0.39, 0.29) is 17.9 Å². The molecule has 0 bridgehead atoms. The Morgan fingerprint density at radius 3 is 2.38 bits per heavy atom. The first-order chi connectivity index (χ1) is 12.3. The van der Waals surface area contributed by atoms with Gasteiger partial charge in [-0.3, -0.25) is 9.79 Å². The van der Waals surface area contributed by atoms with E-state index in [1.165, 1.54) is 12.8 Å². The molecule has 6 nitrogen and oxygen atoms in total. The van der Waals surface area contributed by atoms with E-state index in [2.05, 4.69) is 50.4 Å². The average Bonchev–Trinajstić information content (AvgIpc) is 3.05. The maximum atomic E-state index is 12.2. The van der Waals surface area contributed by atoms with Gasteiger partial charge in [-0.1, -0.05) is 40.5 Å². The van der Waals surface area contributed by atoms with Gasteiger partial charge in [0.25, 0.3) is 0 Å². The molecule has 1 aliphatic rings. The van der Waals surface area contributed by atoms with Crippen LogP contribution in [0.15, 0.2) is 4.99 Å². The van der Waals surface area contributed by atoms with Crippen molar-refractivity contribution in [1.82, 2.24) is 20.4 Å². The number of aliphatic imine (C=N–C) groups is 1. The molecule has 0 aromatic heterocycles. The summed E-state index contributed by atoms with van der Waals surface area (Å²) < 4.78 is 0. The van der Waals surface area contributed by atoms with Crippen LogP contribution in [0, 0.1) is 11.8 Å². The number of hydrogen-bond donors (Lipinski definition) is 2. The van der Waals surface area contributed by atoms with E-state index in [0.717, 1.165) is 38.6 Å². The van der Waals surface area contributed by atoms with Crippen molar-refractivity contribution in [3.63, 3.8) is 0 Å². The molecule has 2 unspecified atom stereocenters. The molecular formula is C20H41N5O. The van der Waals surface area contributed by atoms with Crippen LogP contribution in [0.3, 0.4) is 0 Å². The number of rotatable bonds is 9. The predicted octanol–water partition coefficient (Wildman–Crippen LogP) is 2.16. The van der Waals surface area contributed by atoms with Gasteiger partial charge in [0.2, 0.25) is 5.91 Å². The van der Waals surface area contributed by atoms with Gasteiger partial charge in [0.1, 0.15) is 0 Å². The summed E-state index contributed by atoms with van der Waals surface area (Å²) in [6.45, 7) is 13.8. The van der Waals surface area contributed by atoms with Crippen LogP contribution in [0.1, 0.15) is 53.9 Å². The minimum Gasteiger partial charge on any atom is -0.357 e. The summed E-state index contributed by atoms with van der Waals surface area (Å²) in [5.41, 5.74) is 0. The first-order valence-electron chi connectivity index (χ1n) is 10.3. The van der Waals surface area contributed by atoms with E-state index in [1.807, 2.05) is 18.7 Å². The maximum absolute atomic E-state index is 12.2. The fourth-order valence-corrected chi connectivity index (χ4v) is 3.71. The Bertz CT molecular complexity index is 445. The molecular weight excluding hydrogens is 326 g/mol. The highest BCUT2D eigenvalue weighted by atomic mass is 16.2. The third kappa shape index (κ3) is 6.78. The van der Waals surface area contributed by atoms with Crippen LogP contribution < -0.4 is 10.6 Å². The number of carbonyl (C=O) groups is 1. The van der Waals surface area contributed by atoms with Gasteiger partial charge in [-0.2, -0.15) is 0 Å². The van der Waals surface area contributed by atoms with Crippen LogP contribution in [0.25, 0.3) is 0 Å². The van der Waals surface area contributed by atoms with E-state index in [4.69, 9.17) is 4.99 Å². The lowest BCUT2D eigenvalue weighted by molar-refractivity contribution is -0.133. The Hall–Kier alpha value is -1.30. The molecule has 0 spiro atoms. The summed E-state index contributed by atoms with van der Waals surface area (Å²) in [6.07, 6.45) is 3.33. The molecule has 1 rings (SSSR count). The second kappa shape index (κ2) is 11.4. The average molecular weight is 368 g/mol. The molecule has 1 saturated heterocycles. The maximum Gasteiger partial charge on any atom is 0.225 e. The van der Waals surface area contributed by atoms with Crippen molar-refractivity contribution < 1.29 is 4.79 Å². The van der Waals surface area contributed by atoms with E-state index in [1.54, 1.807) is 0 Å². The van der Waals surface area contributed by atoms with Crippen molar-refractivity contribution in [2.75, 3.05) is 40.3 Å². The molecule has 2 atom stereocenters. The van der Waals surface area contributed by atoms with Crippen LogP contribution in [-0.4, -0.2) is 74.0 Å². The largest absolute Gasteiger partial charge is 0.357 e. The Morgan fingerprint density at radius 2 is 1.88 bits per heavy atom. The zero-order valence-corrected chi connectivity index (χ0v) is 18.0. The summed E-state index contributed by atoms with van der Waals surface area (Å²) in [5, 5.41) is 6.90. The van der Waals surface area contributed by atoms with Crippen molar-refractivity contribution in [2.24, 2.45) is 16.8 Å². The topological polar surface area (TPSA) is 60.0 Å². The first-order valence-corrected chi connectivity index (χ1v) is 10.3. The third-order valence-electron chi connectivity index (χ3n) is 5.37. The van der Waals surface area contributed by atoms with Gasteiger partial charge in [0.05, 0.1) is 6.54 Å². The van der Waals surface area contributed by atoms with Crippen molar-refractivity contribution in [2.45, 2.75) is 66.0 Å². The minimum absolute atomic E-state index is 0.0662. The Labute approximate surface area is 160 Å². The highest BCUT2D eigenvalue weighted by molar-refractivity contribution is 5.81. The first kappa shape index (κ1) is 22.7. The molecule has 152 valence electrons. The second-order valence-electron chi connectivity index (χ2n) is 7.90. The summed E-state index contributed by atoms with van der Waals surface area (Å²) in [5.74, 6) is 1.84. The number of carbonyl (C=O) groups excluding carboxylic acids is 1. The van der Waals surface area contributed by atoms with Gasteiger partial charge in [-0.05, 0) is 33.4 Å². The number of guanidine groups is 1. The molecule has 26 heavy (non-hydrogen) atoms. The van der Waals surface area contributed by atoms with E-state index in [0.29, 0.717) is 12.0 Å². The van der Waals surface area contributed by atoms with Crippen molar-refractivity contribution in [1.29, 1.82) is 0 Å². The fraction of sp³-hybridized carbons (Fsp3) is 0.900. The Kier molecular flexibility index (Phi) is 9.99. The van der Waals surface area contributed by atoms with Crippen molar-refractivity contribution in [3.8, 4) is 0 Å². The lowest BCUT2D eigenvalue weighted by Gasteiger charge is -2.30. The van der Waals surface area contributed by atoms with Crippen molar-refractivity contribution >= 4 is 11.9 Å². The number of likely N-dealkylation sites (tertiary alicyclic amines) is 1. The minimum atomic E-state index is 0.0662. The third-order valence-corrected chi connectivity index (χ3v) is 5.37. The molecule has 1 aliphatic heterocycles. The monoisotopic (exact) mass is 367 g/mol. The molecule has 2 N–H and O–H groups in total. The number of likely N-dealkylation sites (N-methyl/N-ethyl adjacent to an activating group) is 1. The van der Waals surface area contributed by atoms with E-state index in [9.17, 15) is 4.79 Å². The highest BCUT2D eigenvalue weighted by Gasteiger charge is 2.28. The number of nitrogens with zero attached hydrogens (tertiary/aromatic N) is 3. The molecule has 0 aromatic carbocycles. The van der Waals surface area contributed by atoms with Gasteiger partial charge >= 0.3 is 0 Å². The van der Waals surface area contributed by atoms with Gasteiger partial charge in [0.15, 0.2) is 5.96 Å². The Balaban J connectivity index is 2.70. The van der Waals surface area contributed by atoms with Crippen LogP contribution in [0.4, 0.5) is 0 Å². The van der Waals surface area contributed by atoms with Crippen LogP contribution in [0.2, 0.25) is 0 Å². The van der Waals surface area contributed by atoms with Gasteiger partial charge in [-0.15, -0.1) is 0 Å². The number of hydrogen-bond acceptors (Lipinski definition) is 3. The molecule has 0 aliphatic carbocycles. The molecule has 0 aromatic rings. The number of amides is 1.